The zero-order chi connectivity index (χ0) is 18.5. The van der Waals surface area contributed by atoms with Crippen molar-refractivity contribution in [2.24, 2.45) is 0 Å². The quantitative estimate of drug-likeness (QED) is 0.684. The Bertz CT molecular complexity index is 958. The predicted molar refractivity (Wildman–Crippen MR) is 96.1 cm³/mol. The van der Waals surface area contributed by atoms with Gasteiger partial charge in [0.1, 0.15) is 17.3 Å². The van der Waals surface area contributed by atoms with E-state index in [-0.39, 0.29) is 17.3 Å². The second-order valence-electron chi connectivity index (χ2n) is 5.51. The molecule has 7 heteroatoms. The Morgan fingerprint density at radius 1 is 0.962 bits per heavy atom. The first-order chi connectivity index (χ1) is 12.5. The van der Waals surface area contributed by atoms with Crippen LogP contribution in [-0.2, 0) is 0 Å². The highest BCUT2D eigenvalue weighted by molar-refractivity contribution is 6.03. The largest absolute Gasteiger partial charge is 0.339 e. The van der Waals surface area contributed by atoms with Crippen molar-refractivity contribution in [3.8, 4) is 0 Å². The van der Waals surface area contributed by atoms with Crippen molar-refractivity contribution in [1.29, 1.82) is 0 Å². The number of hydrogen-bond acceptors (Lipinski definition) is 5. The van der Waals surface area contributed by atoms with Crippen LogP contribution in [0.1, 0.15) is 27.8 Å². The van der Waals surface area contributed by atoms with Crippen LogP contribution in [0.5, 0.6) is 0 Å². The minimum absolute atomic E-state index is 0.0892. The van der Waals surface area contributed by atoms with Gasteiger partial charge < -0.3 is 10.6 Å². The molecule has 0 aliphatic carbocycles. The number of rotatable bonds is 5. The Labute approximate surface area is 149 Å². The number of carbonyl (C=O) groups excluding carboxylic acids is 2. The van der Waals surface area contributed by atoms with Crippen molar-refractivity contribution < 1.29 is 14.0 Å². The van der Waals surface area contributed by atoms with Crippen LogP contribution >= 0.6 is 0 Å². The Balaban J connectivity index is 1.69. The zero-order valence-corrected chi connectivity index (χ0v) is 13.9. The number of anilines is 3. The van der Waals surface area contributed by atoms with E-state index in [9.17, 15) is 14.0 Å². The number of aromatic nitrogens is 2. The van der Waals surface area contributed by atoms with E-state index in [1.807, 2.05) is 0 Å². The van der Waals surface area contributed by atoms with Crippen molar-refractivity contribution >= 4 is 28.9 Å². The third-order valence-electron chi connectivity index (χ3n) is 3.51. The fourth-order valence-electron chi connectivity index (χ4n) is 2.24. The fourth-order valence-corrected chi connectivity index (χ4v) is 2.24. The second kappa shape index (κ2) is 7.52. The Hall–Kier alpha value is -3.61. The minimum Gasteiger partial charge on any atom is -0.339 e. The number of carbonyl (C=O) groups is 2. The van der Waals surface area contributed by atoms with Gasteiger partial charge in [-0.1, -0.05) is 18.2 Å². The normalized spacial score (nSPS) is 10.2. The van der Waals surface area contributed by atoms with E-state index < -0.39 is 5.91 Å². The maximum atomic E-state index is 13.2. The van der Waals surface area contributed by atoms with Crippen LogP contribution < -0.4 is 10.6 Å². The van der Waals surface area contributed by atoms with E-state index in [2.05, 4.69) is 20.6 Å². The smallest absolute Gasteiger partial charge is 0.275 e. The molecule has 0 radical (unpaired) electrons. The summed E-state index contributed by atoms with van der Waals surface area (Å²) in [4.78, 5) is 31.8. The monoisotopic (exact) mass is 350 g/mol. The van der Waals surface area contributed by atoms with Crippen molar-refractivity contribution in [3.05, 3.63) is 78.0 Å². The molecular formula is C19H15FN4O2. The van der Waals surface area contributed by atoms with Crippen molar-refractivity contribution in [2.75, 3.05) is 10.6 Å². The first-order valence-electron chi connectivity index (χ1n) is 7.78. The van der Waals surface area contributed by atoms with Gasteiger partial charge in [0.25, 0.3) is 5.91 Å². The summed E-state index contributed by atoms with van der Waals surface area (Å²) in [6.45, 7) is 1.46. The van der Waals surface area contributed by atoms with Gasteiger partial charge in [0.2, 0.25) is 0 Å². The van der Waals surface area contributed by atoms with E-state index >= 15 is 0 Å². The molecule has 2 aromatic carbocycles. The molecule has 0 saturated carbocycles. The summed E-state index contributed by atoms with van der Waals surface area (Å²) in [5.41, 5.74) is 1.63. The molecule has 2 N–H and O–H groups in total. The van der Waals surface area contributed by atoms with Gasteiger partial charge in [-0.05, 0) is 37.3 Å². The number of benzene rings is 2. The van der Waals surface area contributed by atoms with Gasteiger partial charge in [0.15, 0.2) is 5.78 Å². The first-order valence-corrected chi connectivity index (χ1v) is 7.78. The number of halogens is 1. The van der Waals surface area contributed by atoms with Gasteiger partial charge in [0.05, 0.1) is 12.4 Å². The van der Waals surface area contributed by atoms with Crippen molar-refractivity contribution in [2.45, 2.75) is 6.92 Å². The number of nitrogens with one attached hydrogen (secondary N) is 2. The van der Waals surface area contributed by atoms with Gasteiger partial charge in [-0.3, -0.25) is 9.59 Å². The molecule has 0 bridgehead atoms. The predicted octanol–water partition coefficient (Wildman–Crippen LogP) is 3.81. The van der Waals surface area contributed by atoms with Crippen LogP contribution in [0, 0.1) is 5.82 Å². The van der Waals surface area contributed by atoms with Crippen LogP contribution in [0.2, 0.25) is 0 Å². The van der Waals surface area contributed by atoms with Crippen molar-refractivity contribution in [3.63, 3.8) is 0 Å². The number of nitrogens with zero attached hydrogens (tertiary/aromatic N) is 2. The summed E-state index contributed by atoms with van der Waals surface area (Å²) in [5.74, 6) is -0.526. The summed E-state index contributed by atoms with van der Waals surface area (Å²) in [6, 6.07) is 12.5. The SMILES string of the molecule is CC(=O)c1cccc(NC(=O)c2cnc(Nc3cccc(F)c3)cn2)c1. The van der Waals surface area contributed by atoms with Gasteiger partial charge in [0, 0.05) is 16.9 Å². The highest BCUT2D eigenvalue weighted by Gasteiger charge is 2.10. The molecule has 0 saturated heterocycles. The molecule has 0 atom stereocenters. The number of ketones is 1. The Morgan fingerprint density at radius 3 is 2.42 bits per heavy atom. The maximum absolute atomic E-state index is 13.2. The molecule has 26 heavy (non-hydrogen) atoms. The topological polar surface area (TPSA) is 84.0 Å². The van der Waals surface area contributed by atoms with Crippen LogP contribution in [-0.4, -0.2) is 21.7 Å². The van der Waals surface area contributed by atoms with E-state index in [1.165, 1.54) is 31.5 Å². The number of hydrogen-bond donors (Lipinski definition) is 2. The van der Waals surface area contributed by atoms with Gasteiger partial charge in [-0.2, -0.15) is 0 Å². The number of Topliss-reactive ketones (excluding diaryl/α,β-unsaturated/α-hetero) is 1. The van der Waals surface area contributed by atoms with Gasteiger partial charge in [-0.15, -0.1) is 0 Å². The zero-order valence-electron chi connectivity index (χ0n) is 13.9. The van der Waals surface area contributed by atoms with Crippen LogP contribution in [0.15, 0.2) is 60.9 Å². The van der Waals surface area contributed by atoms with E-state index in [1.54, 1.807) is 36.4 Å². The Kier molecular flexibility index (Phi) is 4.98. The lowest BCUT2D eigenvalue weighted by Crippen LogP contribution is -2.14. The van der Waals surface area contributed by atoms with E-state index in [4.69, 9.17) is 0 Å². The Morgan fingerprint density at radius 2 is 1.73 bits per heavy atom. The highest BCUT2D eigenvalue weighted by Crippen LogP contribution is 2.15. The first kappa shape index (κ1) is 17.2. The maximum Gasteiger partial charge on any atom is 0.275 e. The molecule has 0 spiro atoms. The summed E-state index contributed by atoms with van der Waals surface area (Å²) < 4.78 is 13.2. The summed E-state index contributed by atoms with van der Waals surface area (Å²) >= 11 is 0. The molecular weight excluding hydrogens is 335 g/mol. The summed E-state index contributed by atoms with van der Waals surface area (Å²) in [6.07, 6.45) is 2.69. The molecule has 3 rings (SSSR count). The lowest BCUT2D eigenvalue weighted by Gasteiger charge is -2.07. The minimum atomic E-state index is -0.449. The molecule has 6 nitrogen and oxygen atoms in total. The van der Waals surface area contributed by atoms with Crippen LogP contribution in [0.3, 0.4) is 0 Å². The highest BCUT2D eigenvalue weighted by atomic mass is 19.1. The van der Waals surface area contributed by atoms with Crippen molar-refractivity contribution in [1.82, 2.24) is 9.97 Å². The summed E-state index contributed by atoms with van der Waals surface area (Å²) in [7, 11) is 0. The molecule has 0 aliphatic rings. The summed E-state index contributed by atoms with van der Waals surface area (Å²) in [5, 5.41) is 5.56. The molecule has 0 aliphatic heterocycles. The second-order valence-corrected chi connectivity index (χ2v) is 5.51. The van der Waals surface area contributed by atoms with E-state index in [0.29, 0.717) is 22.8 Å². The van der Waals surface area contributed by atoms with Crippen LogP contribution in [0.4, 0.5) is 21.6 Å². The molecule has 1 aromatic heterocycles. The molecule has 130 valence electrons. The lowest BCUT2D eigenvalue weighted by molar-refractivity contribution is 0.100. The molecule has 3 aromatic rings. The number of amides is 1. The molecule has 0 fully saturated rings. The van der Waals surface area contributed by atoms with Crippen LogP contribution in [0.25, 0.3) is 0 Å². The lowest BCUT2D eigenvalue weighted by atomic mass is 10.1. The third-order valence-corrected chi connectivity index (χ3v) is 3.51. The standard InChI is InChI=1S/C19H15FN4O2/c1-12(25)13-4-2-6-15(8-13)24-19(26)17-10-22-18(11-21-17)23-16-7-3-5-14(20)9-16/h2-11H,1H3,(H,22,23)(H,24,26). The molecule has 0 unspecified atom stereocenters. The third kappa shape index (κ3) is 4.27. The average molecular weight is 350 g/mol. The van der Waals surface area contributed by atoms with Gasteiger partial charge >= 0.3 is 0 Å². The average Bonchev–Trinajstić information content (AvgIpc) is 2.62. The molecule has 1 amide bonds. The molecule has 1 heterocycles. The van der Waals surface area contributed by atoms with E-state index in [0.717, 1.165) is 0 Å². The van der Waals surface area contributed by atoms with Gasteiger partial charge in [-0.25, -0.2) is 14.4 Å². The fraction of sp³-hybridized carbons (Fsp3) is 0.0526.